The molecule has 0 fully saturated rings. The van der Waals surface area contributed by atoms with Crippen molar-refractivity contribution < 1.29 is 4.42 Å². The molecule has 1 aromatic heterocycles. The predicted octanol–water partition coefficient (Wildman–Crippen LogP) is 5.65. The molecule has 1 N–H and O–H groups in total. The molecule has 4 heteroatoms. The Bertz CT molecular complexity index is 637. The van der Waals surface area contributed by atoms with Gasteiger partial charge in [-0.1, -0.05) is 32.9 Å². The first-order valence-electron chi connectivity index (χ1n) is 8.71. The molecule has 0 saturated heterocycles. The van der Waals surface area contributed by atoms with Crippen LogP contribution in [-0.2, 0) is 6.42 Å². The van der Waals surface area contributed by atoms with Crippen LogP contribution in [-0.4, -0.2) is 16.6 Å². The van der Waals surface area contributed by atoms with Crippen molar-refractivity contribution in [2.75, 3.05) is 11.9 Å². The smallest absolute Gasteiger partial charge is 0.174 e. The highest BCUT2D eigenvalue weighted by Crippen LogP contribution is 2.23. The minimum Gasteiger partial charge on any atom is -0.467 e. The number of benzene rings is 1. The Balaban J connectivity index is 2.13. The molecule has 2 rings (SSSR count). The number of nitrogens with zero attached hydrogens (tertiary/aromatic N) is 1. The standard InChI is InChI=1S/C20H28N2OS/c1-5-17-8-6-9-18(14-17)21-20(24)22(12-11-15(2)3)16(4)19-10-7-13-23-19/h6-10,13-16H,5,11-12H2,1-4H3,(H,21,24). The minimum absolute atomic E-state index is 0.105. The quantitative estimate of drug-likeness (QED) is 0.657. The third-order valence-corrected chi connectivity index (χ3v) is 4.55. The number of aryl methyl sites for hydroxylation is 1. The zero-order chi connectivity index (χ0) is 17.5. The van der Waals surface area contributed by atoms with Gasteiger partial charge >= 0.3 is 0 Å². The molecule has 0 radical (unpaired) electrons. The Kier molecular flexibility index (Phi) is 6.85. The number of furan rings is 1. The number of thiocarbonyl (C=S) groups is 1. The van der Waals surface area contributed by atoms with Crippen LogP contribution in [0.1, 0.15) is 51.5 Å². The summed E-state index contributed by atoms with van der Waals surface area (Å²) in [4.78, 5) is 2.22. The van der Waals surface area contributed by atoms with Crippen LogP contribution in [0.3, 0.4) is 0 Å². The average Bonchev–Trinajstić information content (AvgIpc) is 3.09. The summed E-state index contributed by atoms with van der Waals surface area (Å²) in [5.74, 6) is 1.56. The van der Waals surface area contributed by atoms with E-state index in [1.165, 1.54) is 5.56 Å². The zero-order valence-corrected chi connectivity index (χ0v) is 15.9. The van der Waals surface area contributed by atoms with E-state index in [2.05, 4.69) is 62.2 Å². The molecule has 3 nitrogen and oxygen atoms in total. The normalized spacial score (nSPS) is 12.2. The van der Waals surface area contributed by atoms with Crippen LogP contribution < -0.4 is 5.32 Å². The lowest BCUT2D eigenvalue weighted by Crippen LogP contribution is -2.38. The zero-order valence-electron chi connectivity index (χ0n) is 15.1. The Hall–Kier alpha value is -1.81. The van der Waals surface area contributed by atoms with Gasteiger partial charge in [0.1, 0.15) is 5.76 Å². The predicted molar refractivity (Wildman–Crippen MR) is 105 cm³/mol. The van der Waals surface area contributed by atoms with Gasteiger partial charge in [0.25, 0.3) is 0 Å². The van der Waals surface area contributed by atoms with E-state index in [-0.39, 0.29) is 6.04 Å². The summed E-state index contributed by atoms with van der Waals surface area (Å²) in [5.41, 5.74) is 2.34. The van der Waals surface area contributed by atoms with Crippen molar-refractivity contribution in [3.05, 3.63) is 54.0 Å². The monoisotopic (exact) mass is 344 g/mol. The fourth-order valence-corrected chi connectivity index (χ4v) is 2.98. The molecule has 24 heavy (non-hydrogen) atoms. The minimum atomic E-state index is 0.105. The summed E-state index contributed by atoms with van der Waals surface area (Å²) in [6.07, 6.45) is 3.82. The molecule has 1 atom stereocenters. The molecular weight excluding hydrogens is 316 g/mol. The third kappa shape index (κ3) is 5.10. The number of nitrogens with one attached hydrogen (secondary N) is 1. The lowest BCUT2D eigenvalue weighted by Gasteiger charge is -2.31. The van der Waals surface area contributed by atoms with Crippen LogP contribution >= 0.6 is 12.2 Å². The fourth-order valence-electron chi connectivity index (χ4n) is 2.62. The third-order valence-electron chi connectivity index (χ3n) is 4.22. The van der Waals surface area contributed by atoms with Crippen molar-refractivity contribution in [2.45, 2.75) is 46.6 Å². The molecule has 0 aliphatic rings. The first-order chi connectivity index (χ1) is 11.5. The molecule has 2 aromatic rings. The second-order valence-corrected chi connectivity index (χ2v) is 6.94. The van der Waals surface area contributed by atoms with Crippen molar-refractivity contribution in [3.8, 4) is 0 Å². The molecule has 0 aliphatic carbocycles. The molecule has 0 aliphatic heterocycles. The van der Waals surface area contributed by atoms with Gasteiger partial charge in [0.15, 0.2) is 5.11 Å². The van der Waals surface area contributed by atoms with Crippen LogP contribution in [0.25, 0.3) is 0 Å². The van der Waals surface area contributed by atoms with Crippen molar-refractivity contribution in [3.63, 3.8) is 0 Å². The fraction of sp³-hybridized carbons (Fsp3) is 0.450. The van der Waals surface area contributed by atoms with Crippen molar-refractivity contribution in [1.29, 1.82) is 0 Å². The Morgan fingerprint density at radius 1 is 1.21 bits per heavy atom. The number of hydrogen-bond acceptors (Lipinski definition) is 2. The van der Waals surface area contributed by atoms with E-state index in [1.807, 2.05) is 12.1 Å². The highest BCUT2D eigenvalue weighted by atomic mass is 32.1. The van der Waals surface area contributed by atoms with E-state index in [0.29, 0.717) is 5.92 Å². The first-order valence-corrected chi connectivity index (χ1v) is 9.12. The largest absolute Gasteiger partial charge is 0.467 e. The van der Waals surface area contributed by atoms with Gasteiger partial charge in [-0.25, -0.2) is 0 Å². The van der Waals surface area contributed by atoms with Gasteiger partial charge in [0.2, 0.25) is 0 Å². The summed E-state index contributed by atoms with van der Waals surface area (Å²) in [7, 11) is 0. The van der Waals surface area contributed by atoms with E-state index < -0.39 is 0 Å². The molecular formula is C20H28N2OS. The Labute approximate surface area is 151 Å². The van der Waals surface area contributed by atoms with E-state index in [0.717, 1.165) is 35.9 Å². The summed E-state index contributed by atoms with van der Waals surface area (Å²) in [6, 6.07) is 12.5. The van der Waals surface area contributed by atoms with Gasteiger partial charge in [0.05, 0.1) is 12.3 Å². The average molecular weight is 345 g/mol. The summed E-state index contributed by atoms with van der Waals surface area (Å²) in [6.45, 7) is 9.66. The molecule has 1 heterocycles. The second-order valence-electron chi connectivity index (χ2n) is 6.55. The van der Waals surface area contributed by atoms with Crippen LogP contribution in [0.5, 0.6) is 0 Å². The Morgan fingerprint density at radius 2 is 2.00 bits per heavy atom. The van der Waals surface area contributed by atoms with Crippen LogP contribution in [0.15, 0.2) is 47.1 Å². The van der Waals surface area contributed by atoms with E-state index in [9.17, 15) is 0 Å². The van der Waals surface area contributed by atoms with E-state index in [1.54, 1.807) is 6.26 Å². The molecule has 0 amide bonds. The molecule has 1 aromatic carbocycles. The van der Waals surface area contributed by atoms with Crippen molar-refractivity contribution in [1.82, 2.24) is 4.90 Å². The van der Waals surface area contributed by atoms with Gasteiger partial charge in [-0.05, 0) is 67.7 Å². The highest BCUT2D eigenvalue weighted by molar-refractivity contribution is 7.80. The molecule has 1 unspecified atom stereocenters. The molecule has 0 saturated carbocycles. The lowest BCUT2D eigenvalue weighted by molar-refractivity contribution is 0.281. The SMILES string of the molecule is CCc1cccc(NC(=S)N(CCC(C)C)C(C)c2ccco2)c1. The van der Waals surface area contributed by atoms with E-state index in [4.69, 9.17) is 16.6 Å². The molecule has 130 valence electrons. The second kappa shape index (κ2) is 8.88. The van der Waals surface area contributed by atoms with Crippen LogP contribution in [0.2, 0.25) is 0 Å². The summed E-state index contributed by atoms with van der Waals surface area (Å²) >= 11 is 5.71. The number of rotatable bonds is 7. The number of anilines is 1. The molecule has 0 bridgehead atoms. The topological polar surface area (TPSA) is 28.4 Å². The van der Waals surface area contributed by atoms with Crippen LogP contribution in [0, 0.1) is 5.92 Å². The summed E-state index contributed by atoms with van der Waals surface area (Å²) in [5, 5.41) is 4.14. The van der Waals surface area contributed by atoms with Gasteiger partial charge in [-0.3, -0.25) is 0 Å². The van der Waals surface area contributed by atoms with Crippen molar-refractivity contribution in [2.24, 2.45) is 5.92 Å². The van der Waals surface area contributed by atoms with Gasteiger partial charge in [0, 0.05) is 12.2 Å². The van der Waals surface area contributed by atoms with Crippen molar-refractivity contribution >= 4 is 23.0 Å². The summed E-state index contributed by atoms with van der Waals surface area (Å²) < 4.78 is 5.59. The first kappa shape index (κ1) is 18.5. The highest BCUT2D eigenvalue weighted by Gasteiger charge is 2.21. The van der Waals surface area contributed by atoms with E-state index >= 15 is 0 Å². The van der Waals surface area contributed by atoms with Gasteiger partial charge in [-0.2, -0.15) is 0 Å². The molecule has 0 spiro atoms. The maximum Gasteiger partial charge on any atom is 0.174 e. The maximum atomic E-state index is 5.71. The van der Waals surface area contributed by atoms with Crippen LogP contribution in [0.4, 0.5) is 5.69 Å². The number of hydrogen-bond donors (Lipinski definition) is 1. The maximum absolute atomic E-state index is 5.71. The van der Waals surface area contributed by atoms with Gasteiger partial charge in [-0.15, -0.1) is 0 Å². The Morgan fingerprint density at radius 3 is 2.62 bits per heavy atom. The lowest BCUT2D eigenvalue weighted by atomic mass is 10.1. The van der Waals surface area contributed by atoms with Gasteiger partial charge < -0.3 is 14.6 Å².